The third-order valence-corrected chi connectivity index (χ3v) is 3.61. The van der Waals surface area contributed by atoms with Crippen molar-refractivity contribution < 1.29 is 18.0 Å². The van der Waals surface area contributed by atoms with Gasteiger partial charge < -0.3 is 11.1 Å². The molecule has 2 aromatic rings. The molecule has 0 saturated heterocycles. The van der Waals surface area contributed by atoms with Gasteiger partial charge in [0, 0.05) is 16.8 Å². The maximum atomic E-state index is 12.6. The molecule has 1 amide bonds. The summed E-state index contributed by atoms with van der Waals surface area (Å²) in [5.41, 5.74) is 4.46. The van der Waals surface area contributed by atoms with Crippen molar-refractivity contribution in [2.75, 3.05) is 5.73 Å². The van der Waals surface area contributed by atoms with Crippen LogP contribution in [0.2, 0.25) is 0 Å². The fourth-order valence-corrected chi connectivity index (χ4v) is 2.39. The lowest BCUT2D eigenvalue weighted by Crippen LogP contribution is -2.24. The van der Waals surface area contributed by atoms with Crippen LogP contribution in [-0.4, -0.2) is 10.9 Å². The Kier molecular flexibility index (Phi) is 4.17. The number of hydrogen-bond donors (Lipinski definition) is 2. The van der Waals surface area contributed by atoms with Crippen molar-refractivity contribution in [2.45, 2.75) is 19.6 Å². The number of nitrogens with zero attached hydrogens (tertiary/aromatic N) is 1. The fourth-order valence-electron chi connectivity index (χ4n) is 1.66. The maximum absolute atomic E-state index is 12.6. The molecular formula is C13H12F3N3OS. The summed E-state index contributed by atoms with van der Waals surface area (Å²) in [4.78, 5) is 17.0. The number of nitrogens with one attached hydrogen (secondary N) is 1. The van der Waals surface area contributed by atoms with Crippen LogP contribution in [-0.2, 0) is 12.7 Å². The van der Waals surface area contributed by atoms with Gasteiger partial charge in [-0.3, -0.25) is 4.79 Å². The van der Waals surface area contributed by atoms with Crippen LogP contribution >= 0.6 is 11.3 Å². The first-order valence-electron chi connectivity index (χ1n) is 5.93. The standard InChI is InChI=1S/C13H12F3N3OS/c1-7-5-18-11(21-7)6-19-12(20)9-4-8(13(14,15)16)2-3-10(9)17/h2-5H,6,17H2,1H3,(H,19,20). The Hall–Kier alpha value is -2.09. The van der Waals surface area contributed by atoms with Crippen LogP contribution < -0.4 is 11.1 Å². The van der Waals surface area contributed by atoms with E-state index in [1.807, 2.05) is 6.92 Å². The van der Waals surface area contributed by atoms with Gasteiger partial charge in [-0.1, -0.05) is 0 Å². The summed E-state index contributed by atoms with van der Waals surface area (Å²) < 4.78 is 37.9. The number of aromatic nitrogens is 1. The van der Waals surface area contributed by atoms with Gasteiger partial charge in [-0.05, 0) is 25.1 Å². The quantitative estimate of drug-likeness (QED) is 0.856. The van der Waals surface area contributed by atoms with Crippen molar-refractivity contribution in [3.63, 3.8) is 0 Å². The molecule has 1 heterocycles. The lowest BCUT2D eigenvalue weighted by Gasteiger charge is -2.11. The second kappa shape index (κ2) is 5.72. The minimum atomic E-state index is -4.52. The highest BCUT2D eigenvalue weighted by Gasteiger charge is 2.31. The van der Waals surface area contributed by atoms with Crippen LogP contribution in [0.25, 0.3) is 0 Å². The average Bonchev–Trinajstić information content (AvgIpc) is 2.81. The van der Waals surface area contributed by atoms with Crippen LogP contribution in [0.5, 0.6) is 0 Å². The number of halogens is 3. The van der Waals surface area contributed by atoms with Crippen LogP contribution in [0.4, 0.5) is 18.9 Å². The molecule has 0 saturated carbocycles. The van der Waals surface area contributed by atoms with E-state index in [2.05, 4.69) is 10.3 Å². The second-order valence-electron chi connectivity index (χ2n) is 4.35. The molecule has 0 aliphatic rings. The molecule has 3 N–H and O–H groups in total. The highest BCUT2D eigenvalue weighted by atomic mass is 32.1. The van der Waals surface area contributed by atoms with E-state index < -0.39 is 17.6 Å². The SMILES string of the molecule is Cc1cnc(CNC(=O)c2cc(C(F)(F)F)ccc2N)s1. The number of alkyl halides is 3. The van der Waals surface area contributed by atoms with E-state index in [4.69, 9.17) is 5.73 Å². The largest absolute Gasteiger partial charge is 0.416 e. The van der Waals surface area contributed by atoms with Crippen molar-refractivity contribution in [3.8, 4) is 0 Å². The van der Waals surface area contributed by atoms with E-state index in [0.717, 1.165) is 23.1 Å². The van der Waals surface area contributed by atoms with Gasteiger partial charge in [0.1, 0.15) is 5.01 Å². The van der Waals surface area contributed by atoms with Gasteiger partial charge in [-0.2, -0.15) is 13.2 Å². The summed E-state index contributed by atoms with van der Waals surface area (Å²) in [5.74, 6) is -0.661. The van der Waals surface area contributed by atoms with Crippen LogP contribution in [0.15, 0.2) is 24.4 Å². The number of aryl methyl sites for hydroxylation is 1. The summed E-state index contributed by atoms with van der Waals surface area (Å²) in [7, 11) is 0. The lowest BCUT2D eigenvalue weighted by atomic mass is 10.1. The molecule has 21 heavy (non-hydrogen) atoms. The first-order chi connectivity index (χ1) is 9.77. The molecule has 0 aliphatic heterocycles. The van der Waals surface area contributed by atoms with Gasteiger partial charge in [-0.25, -0.2) is 4.98 Å². The zero-order valence-corrected chi connectivity index (χ0v) is 11.8. The second-order valence-corrected chi connectivity index (χ2v) is 5.67. The number of hydrogen-bond acceptors (Lipinski definition) is 4. The Bertz CT molecular complexity index is 667. The summed E-state index contributed by atoms with van der Waals surface area (Å²) in [6.45, 7) is 2.01. The minimum Gasteiger partial charge on any atom is -0.398 e. The van der Waals surface area contributed by atoms with Gasteiger partial charge in [-0.15, -0.1) is 11.3 Å². The third kappa shape index (κ3) is 3.72. The van der Waals surface area contributed by atoms with Crippen LogP contribution in [0, 0.1) is 6.92 Å². The third-order valence-electron chi connectivity index (χ3n) is 2.69. The Morgan fingerprint density at radius 2 is 2.14 bits per heavy atom. The Morgan fingerprint density at radius 1 is 1.43 bits per heavy atom. The number of thiazole rings is 1. The van der Waals surface area contributed by atoms with Gasteiger partial charge in [0.15, 0.2) is 0 Å². The van der Waals surface area contributed by atoms with Crippen molar-refractivity contribution in [1.29, 1.82) is 0 Å². The first kappa shape index (κ1) is 15.3. The predicted molar refractivity (Wildman–Crippen MR) is 73.9 cm³/mol. The van der Waals surface area contributed by atoms with E-state index in [1.54, 1.807) is 6.20 Å². The Morgan fingerprint density at radius 3 is 2.71 bits per heavy atom. The predicted octanol–water partition coefficient (Wildman–Crippen LogP) is 2.98. The van der Waals surface area contributed by atoms with Crippen molar-refractivity contribution in [3.05, 3.63) is 45.4 Å². The topological polar surface area (TPSA) is 68.0 Å². The number of nitrogen functional groups attached to an aromatic ring is 1. The first-order valence-corrected chi connectivity index (χ1v) is 6.75. The smallest absolute Gasteiger partial charge is 0.398 e. The molecule has 0 bridgehead atoms. The van der Waals surface area contributed by atoms with Gasteiger partial charge >= 0.3 is 6.18 Å². The molecule has 1 aromatic heterocycles. The number of anilines is 1. The van der Waals surface area contributed by atoms with Gasteiger partial charge in [0.25, 0.3) is 5.91 Å². The number of carbonyl (C=O) groups is 1. The monoisotopic (exact) mass is 315 g/mol. The zero-order chi connectivity index (χ0) is 15.6. The van der Waals surface area contributed by atoms with E-state index in [-0.39, 0.29) is 17.8 Å². The summed E-state index contributed by atoms with van der Waals surface area (Å²) in [6.07, 6.45) is -2.86. The van der Waals surface area contributed by atoms with E-state index in [9.17, 15) is 18.0 Å². The Balaban J connectivity index is 2.15. The van der Waals surface area contributed by atoms with E-state index in [0.29, 0.717) is 5.01 Å². The molecule has 0 spiro atoms. The molecule has 0 radical (unpaired) electrons. The molecule has 8 heteroatoms. The van der Waals surface area contributed by atoms with Crippen molar-refractivity contribution >= 4 is 22.9 Å². The molecule has 0 fully saturated rings. The normalized spacial score (nSPS) is 11.4. The highest BCUT2D eigenvalue weighted by Crippen LogP contribution is 2.31. The Labute approximate surface area is 122 Å². The highest BCUT2D eigenvalue weighted by molar-refractivity contribution is 7.11. The minimum absolute atomic E-state index is 0.00387. The molecule has 112 valence electrons. The lowest BCUT2D eigenvalue weighted by molar-refractivity contribution is -0.137. The summed E-state index contributed by atoms with van der Waals surface area (Å²) in [6, 6.07) is 2.67. The number of carbonyl (C=O) groups excluding carboxylic acids is 1. The fraction of sp³-hybridized carbons (Fsp3) is 0.231. The van der Waals surface area contributed by atoms with Crippen LogP contribution in [0.3, 0.4) is 0 Å². The molecular weight excluding hydrogens is 303 g/mol. The van der Waals surface area contributed by atoms with Gasteiger partial charge in [0.05, 0.1) is 17.7 Å². The van der Waals surface area contributed by atoms with Crippen molar-refractivity contribution in [1.82, 2.24) is 10.3 Å². The summed E-state index contributed by atoms with van der Waals surface area (Å²) in [5, 5.41) is 3.18. The van der Waals surface area contributed by atoms with Crippen molar-refractivity contribution in [2.24, 2.45) is 0 Å². The summed E-state index contributed by atoms with van der Waals surface area (Å²) >= 11 is 1.40. The average molecular weight is 315 g/mol. The van der Waals surface area contributed by atoms with Crippen LogP contribution in [0.1, 0.15) is 25.8 Å². The molecule has 1 aromatic carbocycles. The number of amides is 1. The van der Waals surface area contributed by atoms with E-state index in [1.165, 1.54) is 11.3 Å². The van der Waals surface area contributed by atoms with E-state index >= 15 is 0 Å². The zero-order valence-electron chi connectivity index (χ0n) is 11.0. The number of rotatable bonds is 3. The molecule has 4 nitrogen and oxygen atoms in total. The maximum Gasteiger partial charge on any atom is 0.416 e. The molecule has 0 unspecified atom stereocenters. The number of nitrogens with two attached hydrogens (primary N) is 1. The molecule has 0 atom stereocenters. The molecule has 0 aliphatic carbocycles. The van der Waals surface area contributed by atoms with Gasteiger partial charge in [0.2, 0.25) is 0 Å². The number of benzene rings is 1. The molecule has 2 rings (SSSR count).